The molecule has 17 heavy (non-hydrogen) atoms. The lowest BCUT2D eigenvalue weighted by atomic mass is 10.2. The fourth-order valence-corrected chi connectivity index (χ4v) is 1.60. The van der Waals surface area contributed by atoms with Crippen LogP contribution in [0.2, 0.25) is 10.0 Å². The summed E-state index contributed by atoms with van der Waals surface area (Å²) in [6.45, 7) is 0. The van der Waals surface area contributed by atoms with E-state index in [1.54, 1.807) is 42.5 Å². The second kappa shape index (κ2) is 5.09. The van der Waals surface area contributed by atoms with Crippen molar-refractivity contribution >= 4 is 23.2 Å². The van der Waals surface area contributed by atoms with E-state index < -0.39 is 0 Å². The van der Waals surface area contributed by atoms with Crippen LogP contribution in [0.1, 0.15) is 5.56 Å². The highest BCUT2D eigenvalue weighted by Crippen LogP contribution is 2.31. The van der Waals surface area contributed by atoms with E-state index in [4.69, 9.17) is 33.2 Å². The number of benzene rings is 2. The van der Waals surface area contributed by atoms with Crippen molar-refractivity contribution in [2.45, 2.75) is 0 Å². The van der Waals surface area contributed by atoms with Crippen LogP contribution in [-0.2, 0) is 0 Å². The molecule has 2 aromatic rings. The molecule has 84 valence electrons. The highest BCUT2D eigenvalue weighted by molar-refractivity contribution is 6.34. The lowest BCUT2D eigenvalue weighted by Crippen LogP contribution is -1.85. The van der Waals surface area contributed by atoms with Gasteiger partial charge in [0.25, 0.3) is 0 Å². The Bertz CT molecular complexity index is 573. The molecule has 0 N–H and O–H groups in total. The molecule has 0 bridgehead atoms. The van der Waals surface area contributed by atoms with Gasteiger partial charge in [-0.05, 0) is 36.4 Å². The summed E-state index contributed by atoms with van der Waals surface area (Å²) in [5, 5.41) is 9.71. The van der Waals surface area contributed by atoms with E-state index >= 15 is 0 Å². The van der Waals surface area contributed by atoms with E-state index in [1.807, 2.05) is 6.07 Å². The maximum atomic E-state index is 8.67. The van der Waals surface area contributed by atoms with E-state index in [9.17, 15) is 0 Å². The van der Waals surface area contributed by atoms with E-state index in [0.717, 1.165) is 0 Å². The second-order valence-electron chi connectivity index (χ2n) is 3.31. The third-order valence-corrected chi connectivity index (χ3v) is 2.65. The topological polar surface area (TPSA) is 33.0 Å². The van der Waals surface area contributed by atoms with Gasteiger partial charge in [0, 0.05) is 11.1 Å². The van der Waals surface area contributed by atoms with Crippen LogP contribution in [0.25, 0.3) is 0 Å². The zero-order valence-electron chi connectivity index (χ0n) is 8.65. The predicted molar refractivity (Wildman–Crippen MR) is 67.7 cm³/mol. The van der Waals surface area contributed by atoms with Gasteiger partial charge in [0.1, 0.15) is 11.5 Å². The lowest BCUT2D eigenvalue weighted by molar-refractivity contribution is 0.483. The number of hydrogen-bond donors (Lipinski definition) is 0. The smallest absolute Gasteiger partial charge is 0.147 e. The Hall–Kier alpha value is -1.69. The first-order chi connectivity index (χ1) is 8.19. The Balaban J connectivity index is 2.25. The summed E-state index contributed by atoms with van der Waals surface area (Å²) in [5.41, 5.74) is 0.578. The van der Waals surface area contributed by atoms with Gasteiger partial charge in [-0.2, -0.15) is 5.26 Å². The first-order valence-electron chi connectivity index (χ1n) is 4.82. The second-order valence-corrected chi connectivity index (χ2v) is 4.16. The standard InChI is InChI=1S/C13H7Cl2NO/c14-10-3-6-12(15)13(7-10)17-11-4-1-9(8-16)2-5-11/h1-7H. The van der Waals surface area contributed by atoms with Crippen molar-refractivity contribution in [3.63, 3.8) is 0 Å². The normalized spacial score (nSPS) is 9.71. The molecule has 0 aliphatic heterocycles. The minimum atomic E-state index is 0.485. The van der Waals surface area contributed by atoms with Crippen molar-refractivity contribution in [1.82, 2.24) is 0 Å². The molecule has 2 aromatic carbocycles. The van der Waals surface area contributed by atoms with Crippen LogP contribution in [0, 0.1) is 11.3 Å². The maximum absolute atomic E-state index is 8.67. The van der Waals surface area contributed by atoms with E-state index in [1.165, 1.54) is 0 Å². The summed E-state index contributed by atoms with van der Waals surface area (Å²) >= 11 is 11.8. The Labute approximate surface area is 109 Å². The zero-order chi connectivity index (χ0) is 12.3. The van der Waals surface area contributed by atoms with Crippen LogP contribution in [-0.4, -0.2) is 0 Å². The van der Waals surface area contributed by atoms with Crippen LogP contribution < -0.4 is 4.74 Å². The fourth-order valence-electron chi connectivity index (χ4n) is 1.28. The molecule has 0 fully saturated rings. The molecule has 0 saturated heterocycles. The highest BCUT2D eigenvalue weighted by Gasteiger charge is 2.04. The number of nitriles is 1. The Kier molecular flexibility index (Phi) is 3.53. The molecular formula is C13H7Cl2NO. The van der Waals surface area contributed by atoms with E-state index in [2.05, 4.69) is 0 Å². The van der Waals surface area contributed by atoms with E-state index in [0.29, 0.717) is 27.1 Å². The molecule has 0 spiro atoms. The van der Waals surface area contributed by atoms with Gasteiger partial charge < -0.3 is 4.74 Å². The molecule has 4 heteroatoms. The first-order valence-corrected chi connectivity index (χ1v) is 5.58. The molecule has 0 radical (unpaired) electrons. The van der Waals surface area contributed by atoms with Crippen LogP contribution in [0.15, 0.2) is 42.5 Å². The van der Waals surface area contributed by atoms with Crippen LogP contribution in [0.3, 0.4) is 0 Å². The number of ether oxygens (including phenoxy) is 1. The minimum absolute atomic E-state index is 0.485. The molecule has 0 saturated carbocycles. The first kappa shape index (κ1) is 11.8. The summed E-state index contributed by atoms with van der Waals surface area (Å²) in [6.07, 6.45) is 0. The van der Waals surface area contributed by atoms with Crippen molar-refractivity contribution in [2.75, 3.05) is 0 Å². The molecule has 2 rings (SSSR count). The highest BCUT2D eigenvalue weighted by atomic mass is 35.5. The molecule has 0 heterocycles. The lowest BCUT2D eigenvalue weighted by Gasteiger charge is -2.07. The van der Waals surface area contributed by atoms with E-state index in [-0.39, 0.29) is 0 Å². The molecule has 0 unspecified atom stereocenters. The van der Waals surface area contributed by atoms with Gasteiger partial charge in [0.15, 0.2) is 0 Å². The summed E-state index contributed by atoms with van der Waals surface area (Å²) in [7, 11) is 0. The summed E-state index contributed by atoms with van der Waals surface area (Å²) in [5.74, 6) is 1.09. The quantitative estimate of drug-likeness (QED) is 0.790. The summed E-state index contributed by atoms with van der Waals surface area (Å²) in [6, 6.07) is 13.8. The molecular weight excluding hydrogens is 257 g/mol. The fraction of sp³-hybridized carbons (Fsp3) is 0. The average molecular weight is 264 g/mol. The van der Waals surface area contributed by atoms with Gasteiger partial charge in [-0.1, -0.05) is 23.2 Å². The number of hydrogen-bond acceptors (Lipinski definition) is 2. The average Bonchev–Trinajstić information content (AvgIpc) is 2.35. The SMILES string of the molecule is N#Cc1ccc(Oc2cc(Cl)ccc2Cl)cc1. The van der Waals surface area contributed by atoms with Crippen LogP contribution in [0.4, 0.5) is 0 Å². The number of nitrogens with zero attached hydrogens (tertiary/aromatic N) is 1. The zero-order valence-corrected chi connectivity index (χ0v) is 10.2. The molecule has 0 amide bonds. The van der Waals surface area contributed by atoms with Crippen LogP contribution >= 0.6 is 23.2 Å². The van der Waals surface area contributed by atoms with Crippen molar-refractivity contribution in [1.29, 1.82) is 5.26 Å². The monoisotopic (exact) mass is 263 g/mol. The third-order valence-electron chi connectivity index (χ3n) is 2.10. The maximum Gasteiger partial charge on any atom is 0.147 e. The Morgan fingerprint density at radius 1 is 1.00 bits per heavy atom. The van der Waals surface area contributed by atoms with Crippen molar-refractivity contribution in [3.05, 3.63) is 58.1 Å². The van der Waals surface area contributed by atoms with Gasteiger partial charge in [0.05, 0.1) is 16.7 Å². The molecule has 0 aliphatic rings. The molecule has 2 nitrogen and oxygen atoms in total. The van der Waals surface area contributed by atoms with Gasteiger partial charge in [-0.25, -0.2) is 0 Å². The Morgan fingerprint density at radius 3 is 2.35 bits per heavy atom. The molecule has 0 atom stereocenters. The molecule has 0 aromatic heterocycles. The third kappa shape index (κ3) is 2.91. The largest absolute Gasteiger partial charge is 0.456 e. The van der Waals surface area contributed by atoms with Crippen molar-refractivity contribution in [2.24, 2.45) is 0 Å². The summed E-state index contributed by atoms with van der Waals surface area (Å²) in [4.78, 5) is 0. The van der Waals surface area contributed by atoms with Crippen molar-refractivity contribution in [3.8, 4) is 17.6 Å². The number of halogens is 2. The van der Waals surface area contributed by atoms with Gasteiger partial charge >= 0.3 is 0 Å². The van der Waals surface area contributed by atoms with Gasteiger partial charge in [0.2, 0.25) is 0 Å². The summed E-state index contributed by atoms with van der Waals surface area (Å²) < 4.78 is 5.56. The van der Waals surface area contributed by atoms with Gasteiger partial charge in [-0.3, -0.25) is 0 Å². The van der Waals surface area contributed by atoms with Gasteiger partial charge in [-0.15, -0.1) is 0 Å². The predicted octanol–water partition coefficient (Wildman–Crippen LogP) is 4.66. The van der Waals surface area contributed by atoms with Crippen molar-refractivity contribution < 1.29 is 4.74 Å². The molecule has 0 aliphatic carbocycles. The number of rotatable bonds is 2. The Morgan fingerprint density at radius 2 is 1.71 bits per heavy atom. The minimum Gasteiger partial charge on any atom is -0.456 e. The van der Waals surface area contributed by atoms with Crippen LogP contribution in [0.5, 0.6) is 11.5 Å².